The molecule has 30 heavy (non-hydrogen) atoms. The average molecular weight is 407 g/mol. The Balaban J connectivity index is 1.57. The molecule has 2 aromatic heterocycles. The van der Waals surface area contributed by atoms with Crippen molar-refractivity contribution in [1.82, 2.24) is 15.1 Å². The van der Waals surface area contributed by atoms with E-state index in [-0.39, 0.29) is 17.7 Å². The summed E-state index contributed by atoms with van der Waals surface area (Å²) in [4.78, 5) is 24.2. The summed E-state index contributed by atoms with van der Waals surface area (Å²) in [5.74, 6) is 1.35. The van der Waals surface area contributed by atoms with Crippen molar-refractivity contribution in [2.75, 3.05) is 30.4 Å². The van der Waals surface area contributed by atoms with Crippen LogP contribution in [-0.4, -0.2) is 41.2 Å². The van der Waals surface area contributed by atoms with Gasteiger partial charge in [-0.25, -0.2) is 9.97 Å². The number of para-hydroxylation sites is 1. The van der Waals surface area contributed by atoms with Crippen LogP contribution < -0.4 is 15.0 Å². The molecule has 0 saturated carbocycles. The van der Waals surface area contributed by atoms with Crippen molar-refractivity contribution >= 4 is 17.7 Å². The van der Waals surface area contributed by atoms with E-state index < -0.39 is 0 Å². The second-order valence-electron chi connectivity index (χ2n) is 7.56. The van der Waals surface area contributed by atoms with Gasteiger partial charge in [0.2, 0.25) is 11.8 Å². The first-order chi connectivity index (χ1) is 14.5. The zero-order valence-corrected chi connectivity index (χ0v) is 17.4. The van der Waals surface area contributed by atoms with Crippen molar-refractivity contribution in [2.45, 2.75) is 32.6 Å². The summed E-state index contributed by atoms with van der Waals surface area (Å²) in [6.07, 6.45) is 2.22. The molecule has 1 amide bonds. The lowest BCUT2D eigenvalue weighted by Gasteiger charge is -2.17. The molecule has 4 rings (SSSR count). The molecule has 8 nitrogen and oxygen atoms in total. The van der Waals surface area contributed by atoms with Gasteiger partial charge in [0.05, 0.1) is 7.11 Å². The SMILES string of the molecule is COc1ccccc1-c1cc(NC(=O)c2cc(C(C)C)nc(N3CCCC3)n2)on1. The van der Waals surface area contributed by atoms with Crippen molar-refractivity contribution in [3.63, 3.8) is 0 Å². The number of carbonyl (C=O) groups is 1. The molecule has 1 aliphatic heterocycles. The van der Waals surface area contributed by atoms with E-state index >= 15 is 0 Å². The average Bonchev–Trinajstić information content (AvgIpc) is 3.46. The van der Waals surface area contributed by atoms with Crippen LogP contribution in [-0.2, 0) is 0 Å². The van der Waals surface area contributed by atoms with E-state index in [9.17, 15) is 4.79 Å². The Morgan fingerprint density at radius 2 is 1.93 bits per heavy atom. The minimum atomic E-state index is -0.359. The maximum absolute atomic E-state index is 12.9. The molecule has 0 spiro atoms. The second kappa shape index (κ2) is 8.52. The maximum atomic E-state index is 12.9. The normalized spacial score (nSPS) is 13.7. The Labute approximate surface area is 175 Å². The van der Waals surface area contributed by atoms with Crippen LogP contribution >= 0.6 is 0 Å². The molecule has 156 valence electrons. The summed E-state index contributed by atoms with van der Waals surface area (Å²) in [7, 11) is 1.60. The summed E-state index contributed by atoms with van der Waals surface area (Å²) in [6, 6.07) is 10.9. The van der Waals surface area contributed by atoms with E-state index in [0.717, 1.165) is 37.2 Å². The van der Waals surface area contributed by atoms with Crippen LogP contribution in [0.4, 0.5) is 11.8 Å². The third-order valence-electron chi connectivity index (χ3n) is 5.08. The van der Waals surface area contributed by atoms with Crippen LogP contribution in [0.15, 0.2) is 40.9 Å². The Hall–Kier alpha value is -3.42. The first-order valence-corrected chi connectivity index (χ1v) is 10.1. The topological polar surface area (TPSA) is 93.4 Å². The first kappa shape index (κ1) is 19.9. The number of hydrogen-bond donors (Lipinski definition) is 1. The van der Waals surface area contributed by atoms with Gasteiger partial charge < -0.3 is 14.2 Å². The minimum absolute atomic E-state index is 0.184. The lowest BCUT2D eigenvalue weighted by Crippen LogP contribution is -2.23. The third kappa shape index (κ3) is 4.12. The first-order valence-electron chi connectivity index (χ1n) is 10.1. The molecule has 1 aromatic carbocycles. The number of carbonyl (C=O) groups excluding carboxylic acids is 1. The number of rotatable bonds is 6. The fraction of sp³-hybridized carbons (Fsp3) is 0.364. The predicted molar refractivity (Wildman–Crippen MR) is 114 cm³/mol. The summed E-state index contributed by atoms with van der Waals surface area (Å²) >= 11 is 0. The molecule has 3 aromatic rings. The summed E-state index contributed by atoms with van der Waals surface area (Å²) in [6.45, 7) is 5.92. The predicted octanol–water partition coefficient (Wildman–Crippen LogP) is 4.12. The molecule has 0 aliphatic carbocycles. The fourth-order valence-corrected chi connectivity index (χ4v) is 3.42. The van der Waals surface area contributed by atoms with Gasteiger partial charge in [0.1, 0.15) is 17.1 Å². The largest absolute Gasteiger partial charge is 0.496 e. The minimum Gasteiger partial charge on any atom is -0.496 e. The summed E-state index contributed by atoms with van der Waals surface area (Å²) in [5.41, 5.74) is 2.51. The number of nitrogens with one attached hydrogen (secondary N) is 1. The highest BCUT2D eigenvalue weighted by atomic mass is 16.5. The van der Waals surface area contributed by atoms with Crippen LogP contribution in [0, 0.1) is 0 Å². The number of hydrogen-bond acceptors (Lipinski definition) is 7. The molecule has 3 heterocycles. The smallest absolute Gasteiger partial charge is 0.276 e. The monoisotopic (exact) mass is 407 g/mol. The molecule has 1 N–H and O–H groups in total. The van der Waals surface area contributed by atoms with Crippen LogP contribution in [0.5, 0.6) is 5.75 Å². The van der Waals surface area contributed by atoms with Gasteiger partial charge in [-0.3, -0.25) is 10.1 Å². The Morgan fingerprint density at radius 1 is 1.17 bits per heavy atom. The lowest BCUT2D eigenvalue weighted by atomic mass is 10.1. The van der Waals surface area contributed by atoms with Crippen molar-refractivity contribution in [3.8, 4) is 17.0 Å². The molecule has 0 bridgehead atoms. The molecule has 1 aliphatic rings. The van der Waals surface area contributed by atoms with Gasteiger partial charge in [0.25, 0.3) is 5.91 Å². The fourth-order valence-electron chi connectivity index (χ4n) is 3.42. The van der Waals surface area contributed by atoms with Gasteiger partial charge in [-0.2, -0.15) is 0 Å². The molecule has 1 fully saturated rings. The number of aromatic nitrogens is 3. The van der Waals surface area contributed by atoms with Gasteiger partial charge in [-0.05, 0) is 37.0 Å². The number of ether oxygens (including phenoxy) is 1. The highest BCUT2D eigenvalue weighted by molar-refractivity contribution is 6.02. The highest BCUT2D eigenvalue weighted by Gasteiger charge is 2.21. The zero-order chi connectivity index (χ0) is 21.1. The maximum Gasteiger partial charge on any atom is 0.276 e. The highest BCUT2D eigenvalue weighted by Crippen LogP contribution is 2.30. The summed E-state index contributed by atoms with van der Waals surface area (Å²) < 4.78 is 10.7. The molecule has 0 unspecified atom stereocenters. The Morgan fingerprint density at radius 3 is 2.67 bits per heavy atom. The third-order valence-corrected chi connectivity index (χ3v) is 5.08. The van der Waals surface area contributed by atoms with Gasteiger partial charge in [-0.15, -0.1) is 0 Å². The second-order valence-corrected chi connectivity index (χ2v) is 7.56. The Kier molecular flexibility index (Phi) is 5.65. The molecule has 0 radical (unpaired) electrons. The van der Waals surface area contributed by atoms with E-state index in [1.165, 1.54) is 0 Å². The zero-order valence-electron chi connectivity index (χ0n) is 17.4. The van der Waals surface area contributed by atoms with E-state index in [1.54, 1.807) is 19.2 Å². The van der Waals surface area contributed by atoms with Crippen molar-refractivity contribution in [3.05, 3.63) is 47.8 Å². The van der Waals surface area contributed by atoms with E-state index in [2.05, 4.69) is 25.3 Å². The van der Waals surface area contributed by atoms with Gasteiger partial charge in [-0.1, -0.05) is 31.1 Å². The van der Waals surface area contributed by atoms with Gasteiger partial charge in [0, 0.05) is 30.4 Å². The number of methoxy groups -OCH3 is 1. The van der Waals surface area contributed by atoms with Crippen molar-refractivity contribution < 1.29 is 14.1 Å². The quantitative estimate of drug-likeness (QED) is 0.657. The van der Waals surface area contributed by atoms with E-state index in [0.29, 0.717) is 23.1 Å². The van der Waals surface area contributed by atoms with Crippen LogP contribution in [0.3, 0.4) is 0 Å². The number of anilines is 2. The van der Waals surface area contributed by atoms with Gasteiger partial charge >= 0.3 is 0 Å². The van der Waals surface area contributed by atoms with Crippen molar-refractivity contribution in [1.29, 1.82) is 0 Å². The van der Waals surface area contributed by atoms with Crippen LogP contribution in [0.1, 0.15) is 48.8 Å². The van der Waals surface area contributed by atoms with Crippen molar-refractivity contribution in [2.24, 2.45) is 0 Å². The Bertz CT molecular complexity index is 1040. The van der Waals surface area contributed by atoms with Crippen LogP contribution in [0.25, 0.3) is 11.3 Å². The molecule has 0 atom stereocenters. The lowest BCUT2D eigenvalue weighted by molar-refractivity contribution is 0.101. The molecular formula is C22H25N5O3. The molecular weight excluding hydrogens is 382 g/mol. The molecule has 1 saturated heterocycles. The van der Waals surface area contributed by atoms with E-state index in [1.807, 2.05) is 38.1 Å². The number of nitrogens with zero attached hydrogens (tertiary/aromatic N) is 4. The standard InChI is InChI=1S/C22H25N5O3/c1-14(2)16-12-18(24-22(23-16)27-10-6-7-11-27)21(28)25-20-13-17(26-30-20)15-8-4-5-9-19(15)29-3/h4-5,8-9,12-14H,6-7,10-11H2,1-3H3,(H,25,28). The number of amides is 1. The molecule has 8 heteroatoms. The van der Waals surface area contributed by atoms with Gasteiger partial charge in [0.15, 0.2) is 0 Å². The summed E-state index contributed by atoms with van der Waals surface area (Å²) in [5, 5.41) is 6.81. The van der Waals surface area contributed by atoms with E-state index in [4.69, 9.17) is 9.26 Å². The van der Waals surface area contributed by atoms with Crippen LogP contribution in [0.2, 0.25) is 0 Å². The number of benzene rings is 1.